The number of fused-ring (bicyclic) bond motifs is 1. The van der Waals surface area contributed by atoms with Gasteiger partial charge in [0.2, 0.25) is 0 Å². The highest BCUT2D eigenvalue weighted by atomic mass is 16.6. The van der Waals surface area contributed by atoms with Crippen LogP contribution in [0.25, 0.3) is 11.0 Å². The molecule has 2 N–H and O–H groups in total. The summed E-state index contributed by atoms with van der Waals surface area (Å²) in [6.07, 6.45) is -1.07. The topological polar surface area (TPSA) is 106 Å². The van der Waals surface area contributed by atoms with Gasteiger partial charge in [0, 0.05) is 28.7 Å². The molecule has 0 aliphatic rings. The quantitative estimate of drug-likeness (QED) is 0.453. The lowest BCUT2D eigenvalue weighted by Gasteiger charge is -2.33. The van der Waals surface area contributed by atoms with Crippen molar-refractivity contribution in [3.63, 3.8) is 0 Å². The monoisotopic (exact) mass is 376 g/mol. The maximum Gasteiger partial charge on any atom is 0.336 e. The van der Waals surface area contributed by atoms with Gasteiger partial charge in [-0.1, -0.05) is 6.08 Å². The van der Waals surface area contributed by atoms with E-state index in [1.54, 1.807) is 32.1 Å². The van der Waals surface area contributed by atoms with Crippen LogP contribution in [-0.4, -0.2) is 35.0 Å². The molecular formula is C20H24O7. The fraction of sp³-hybridized carbons (Fsp3) is 0.400. The SMILES string of the molecule is CC=C(C)C(=O)O[C@@H]([C@@H](O)c1cc2ccc(=O)oc2cc1OC)C(C)(C)O. The molecule has 0 saturated heterocycles. The zero-order valence-electron chi connectivity index (χ0n) is 16.0. The van der Waals surface area contributed by atoms with Gasteiger partial charge in [-0.2, -0.15) is 0 Å². The molecule has 7 heteroatoms. The first-order chi connectivity index (χ1) is 12.6. The molecule has 27 heavy (non-hydrogen) atoms. The van der Waals surface area contributed by atoms with Crippen LogP contribution in [0.15, 0.2) is 45.1 Å². The van der Waals surface area contributed by atoms with E-state index in [0.717, 1.165) is 0 Å². The van der Waals surface area contributed by atoms with Crippen LogP contribution in [0.4, 0.5) is 0 Å². The van der Waals surface area contributed by atoms with E-state index in [2.05, 4.69) is 0 Å². The van der Waals surface area contributed by atoms with Crippen molar-refractivity contribution in [3.8, 4) is 5.75 Å². The second kappa shape index (κ2) is 7.94. The normalized spacial score (nSPS) is 14.7. The second-order valence-electron chi connectivity index (χ2n) is 6.78. The van der Waals surface area contributed by atoms with Gasteiger partial charge in [0.1, 0.15) is 17.4 Å². The average molecular weight is 376 g/mol. The van der Waals surface area contributed by atoms with Crippen molar-refractivity contribution in [2.45, 2.75) is 45.5 Å². The fourth-order valence-corrected chi connectivity index (χ4v) is 2.61. The van der Waals surface area contributed by atoms with E-state index < -0.39 is 29.4 Å². The highest BCUT2D eigenvalue weighted by Gasteiger charge is 2.39. The van der Waals surface area contributed by atoms with Gasteiger partial charge in [0.25, 0.3) is 0 Å². The van der Waals surface area contributed by atoms with Gasteiger partial charge in [-0.3, -0.25) is 0 Å². The summed E-state index contributed by atoms with van der Waals surface area (Å²) in [6.45, 7) is 6.14. The van der Waals surface area contributed by atoms with Crippen molar-refractivity contribution in [2.24, 2.45) is 0 Å². The lowest BCUT2D eigenvalue weighted by atomic mass is 9.91. The third kappa shape index (κ3) is 4.56. The number of allylic oxidation sites excluding steroid dienone is 1. The molecule has 1 aromatic carbocycles. The Morgan fingerprint density at radius 2 is 1.96 bits per heavy atom. The summed E-state index contributed by atoms with van der Waals surface area (Å²) in [6, 6.07) is 5.84. The first-order valence-corrected chi connectivity index (χ1v) is 8.44. The van der Waals surface area contributed by atoms with Crippen LogP contribution in [0.2, 0.25) is 0 Å². The van der Waals surface area contributed by atoms with Gasteiger partial charge in [-0.05, 0) is 39.8 Å². The molecule has 0 spiro atoms. The van der Waals surface area contributed by atoms with E-state index in [9.17, 15) is 19.8 Å². The molecular weight excluding hydrogens is 352 g/mol. The largest absolute Gasteiger partial charge is 0.496 e. The van der Waals surface area contributed by atoms with Gasteiger partial charge in [0.05, 0.1) is 12.7 Å². The van der Waals surface area contributed by atoms with Gasteiger partial charge in [-0.15, -0.1) is 0 Å². The highest BCUT2D eigenvalue weighted by Crippen LogP contribution is 2.35. The van der Waals surface area contributed by atoms with Crippen LogP contribution in [0.1, 0.15) is 39.4 Å². The van der Waals surface area contributed by atoms with Crippen LogP contribution >= 0.6 is 0 Å². The fourth-order valence-electron chi connectivity index (χ4n) is 2.61. The van der Waals surface area contributed by atoms with Crippen LogP contribution < -0.4 is 10.4 Å². The summed E-state index contributed by atoms with van der Waals surface area (Å²) in [5.74, 6) is -0.410. The molecule has 0 unspecified atom stereocenters. The Balaban J connectivity index is 2.53. The van der Waals surface area contributed by atoms with E-state index in [-0.39, 0.29) is 16.9 Å². The lowest BCUT2D eigenvalue weighted by Crippen LogP contribution is -2.44. The summed E-state index contributed by atoms with van der Waals surface area (Å²) in [7, 11) is 1.40. The first kappa shape index (κ1) is 20.7. The molecule has 0 bridgehead atoms. The minimum absolute atomic E-state index is 0.234. The summed E-state index contributed by atoms with van der Waals surface area (Å²) >= 11 is 0. The predicted octanol–water partition coefficient (Wildman–Crippen LogP) is 2.48. The van der Waals surface area contributed by atoms with Crippen LogP contribution in [0.3, 0.4) is 0 Å². The predicted molar refractivity (Wildman–Crippen MR) is 99.6 cm³/mol. The number of benzene rings is 1. The number of methoxy groups -OCH3 is 1. The van der Waals surface area contributed by atoms with Crippen molar-refractivity contribution in [3.05, 3.63) is 51.9 Å². The van der Waals surface area contributed by atoms with Crippen molar-refractivity contribution in [1.29, 1.82) is 0 Å². The van der Waals surface area contributed by atoms with Crippen molar-refractivity contribution >= 4 is 16.9 Å². The van der Waals surface area contributed by atoms with E-state index in [0.29, 0.717) is 11.0 Å². The number of aliphatic hydroxyl groups excluding tert-OH is 1. The molecule has 7 nitrogen and oxygen atoms in total. The molecule has 1 aromatic heterocycles. The van der Waals surface area contributed by atoms with Crippen LogP contribution in [0, 0.1) is 0 Å². The third-order valence-corrected chi connectivity index (χ3v) is 4.26. The molecule has 0 saturated carbocycles. The van der Waals surface area contributed by atoms with Gasteiger partial charge >= 0.3 is 11.6 Å². The number of rotatable bonds is 6. The Bertz CT molecular complexity index is 918. The number of ether oxygens (including phenoxy) is 2. The Morgan fingerprint density at radius 3 is 2.52 bits per heavy atom. The summed E-state index contributed by atoms with van der Waals surface area (Å²) in [5, 5.41) is 21.9. The number of aliphatic hydroxyl groups is 2. The highest BCUT2D eigenvalue weighted by molar-refractivity contribution is 5.88. The summed E-state index contributed by atoms with van der Waals surface area (Å²) in [5.41, 5.74) is -1.12. The first-order valence-electron chi connectivity index (χ1n) is 8.44. The van der Waals surface area contributed by atoms with Crippen LogP contribution in [0.5, 0.6) is 5.75 Å². The van der Waals surface area contributed by atoms with Crippen molar-refractivity contribution < 1.29 is 28.9 Å². The number of carbonyl (C=O) groups excluding carboxylic acids is 1. The van der Waals surface area contributed by atoms with Gasteiger partial charge < -0.3 is 24.1 Å². The molecule has 0 radical (unpaired) electrons. The number of esters is 1. The van der Waals surface area contributed by atoms with E-state index in [4.69, 9.17) is 13.9 Å². The minimum Gasteiger partial charge on any atom is -0.496 e. The zero-order valence-corrected chi connectivity index (χ0v) is 16.0. The molecule has 0 fully saturated rings. The zero-order chi connectivity index (χ0) is 20.4. The van der Waals surface area contributed by atoms with E-state index in [1.807, 2.05) is 0 Å². The Labute approximate surface area is 156 Å². The third-order valence-electron chi connectivity index (χ3n) is 4.26. The van der Waals surface area contributed by atoms with Crippen molar-refractivity contribution in [2.75, 3.05) is 7.11 Å². The van der Waals surface area contributed by atoms with Crippen molar-refractivity contribution in [1.82, 2.24) is 0 Å². The minimum atomic E-state index is -1.54. The number of hydrogen-bond acceptors (Lipinski definition) is 7. The maximum atomic E-state index is 12.2. The molecule has 146 valence electrons. The average Bonchev–Trinajstić information content (AvgIpc) is 2.62. The molecule has 2 aromatic rings. The molecule has 2 atom stereocenters. The molecule has 0 aliphatic carbocycles. The molecule has 0 aliphatic heterocycles. The molecule has 1 heterocycles. The van der Waals surface area contributed by atoms with Crippen LogP contribution in [-0.2, 0) is 9.53 Å². The number of carbonyl (C=O) groups is 1. The smallest absolute Gasteiger partial charge is 0.336 e. The lowest BCUT2D eigenvalue weighted by molar-refractivity contribution is -0.172. The summed E-state index contributed by atoms with van der Waals surface area (Å²) < 4.78 is 15.8. The standard InChI is InChI=1S/C20H24O7/c1-6-11(2)19(23)27-18(20(3,4)24)17(22)13-9-12-7-8-16(21)26-14(12)10-15(13)25-5/h6-10,17-18,22,24H,1-5H3/t17-,18-/m0/s1. The second-order valence-corrected chi connectivity index (χ2v) is 6.78. The van der Waals surface area contributed by atoms with E-state index in [1.165, 1.54) is 33.1 Å². The van der Waals surface area contributed by atoms with Gasteiger partial charge in [-0.25, -0.2) is 9.59 Å². The van der Waals surface area contributed by atoms with E-state index >= 15 is 0 Å². The molecule has 0 amide bonds. The number of hydrogen-bond donors (Lipinski definition) is 2. The Morgan fingerprint density at radius 1 is 1.30 bits per heavy atom. The summed E-state index contributed by atoms with van der Waals surface area (Å²) in [4.78, 5) is 23.6. The molecule has 2 rings (SSSR count). The maximum absolute atomic E-state index is 12.2. The Hall–Kier alpha value is -2.64. The van der Waals surface area contributed by atoms with Gasteiger partial charge in [0.15, 0.2) is 6.10 Å². The Kier molecular flexibility index (Phi) is 6.08.